The number of nitrogens with zero attached hydrogens (tertiary/aromatic N) is 1. The lowest BCUT2D eigenvalue weighted by molar-refractivity contribution is 0.0985. The van der Waals surface area contributed by atoms with Crippen LogP contribution >= 0.6 is 11.3 Å². The van der Waals surface area contributed by atoms with E-state index in [0.29, 0.717) is 30.9 Å². The van der Waals surface area contributed by atoms with Crippen LogP contribution in [-0.2, 0) is 11.2 Å². The number of para-hydroxylation sites is 1. The number of aryl methyl sites for hydroxylation is 1. The number of carbonyl (C=O) groups excluding carboxylic acids is 1. The monoisotopic (exact) mass is 291 g/mol. The molecule has 0 N–H and O–H groups in total. The number of hydrogen-bond donors (Lipinski definition) is 0. The van der Waals surface area contributed by atoms with Gasteiger partial charge in [-0.3, -0.25) is 4.79 Å². The number of aromatic nitrogens is 1. The van der Waals surface area contributed by atoms with Crippen LogP contribution in [-0.4, -0.2) is 31.1 Å². The van der Waals surface area contributed by atoms with Gasteiger partial charge in [-0.1, -0.05) is 12.1 Å². The van der Waals surface area contributed by atoms with Gasteiger partial charge in [0.2, 0.25) is 0 Å². The van der Waals surface area contributed by atoms with Crippen molar-refractivity contribution in [3.8, 4) is 5.75 Å². The van der Waals surface area contributed by atoms with Crippen molar-refractivity contribution in [1.29, 1.82) is 0 Å². The van der Waals surface area contributed by atoms with Gasteiger partial charge in [-0.25, -0.2) is 4.98 Å². The number of methoxy groups -OCH3 is 1. The SMILES string of the molecule is COCCOc1ccccc1C(=O)Cc1nc(C)cs1. The lowest BCUT2D eigenvalue weighted by Gasteiger charge is -2.09. The predicted molar refractivity (Wildman–Crippen MR) is 78.7 cm³/mol. The molecule has 0 amide bonds. The minimum atomic E-state index is 0.0207. The highest BCUT2D eigenvalue weighted by Crippen LogP contribution is 2.21. The highest BCUT2D eigenvalue weighted by molar-refractivity contribution is 7.09. The molecular weight excluding hydrogens is 274 g/mol. The van der Waals surface area contributed by atoms with Crippen molar-refractivity contribution < 1.29 is 14.3 Å². The molecule has 2 aromatic rings. The van der Waals surface area contributed by atoms with E-state index < -0.39 is 0 Å². The van der Waals surface area contributed by atoms with Crippen LogP contribution in [0.4, 0.5) is 0 Å². The third kappa shape index (κ3) is 3.88. The van der Waals surface area contributed by atoms with Crippen LogP contribution in [0, 0.1) is 6.92 Å². The Morgan fingerprint density at radius 1 is 1.30 bits per heavy atom. The fourth-order valence-corrected chi connectivity index (χ4v) is 2.54. The number of rotatable bonds is 7. The van der Waals surface area contributed by atoms with Gasteiger partial charge in [0.25, 0.3) is 0 Å². The minimum Gasteiger partial charge on any atom is -0.490 e. The van der Waals surface area contributed by atoms with Gasteiger partial charge in [-0.15, -0.1) is 11.3 Å². The Labute approximate surface area is 122 Å². The van der Waals surface area contributed by atoms with Gasteiger partial charge in [0.15, 0.2) is 5.78 Å². The molecule has 5 heteroatoms. The summed E-state index contributed by atoms with van der Waals surface area (Å²) in [6, 6.07) is 7.27. The Morgan fingerprint density at radius 3 is 2.80 bits per heavy atom. The van der Waals surface area contributed by atoms with E-state index in [0.717, 1.165) is 10.7 Å². The van der Waals surface area contributed by atoms with Gasteiger partial charge in [0.05, 0.1) is 18.6 Å². The first kappa shape index (κ1) is 14.7. The highest BCUT2D eigenvalue weighted by atomic mass is 32.1. The smallest absolute Gasteiger partial charge is 0.173 e. The second-order valence-electron chi connectivity index (χ2n) is 4.32. The molecule has 0 spiro atoms. The molecule has 0 unspecified atom stereocenters. The summed E-state index contributed by atoms with van der Waals surface area (Å²) < 4.78 is 10.5. The number of carbonyl (C=O) groups is 1. The molecule has 0 aliphatic heterocycles. The van der Waals surface area contributed by atoms with Gasteiger partial charge in [-0.05, 0) is 19.1 Å². The molecular formula is C15H17NO3S. The third-order valence-corrected chi connectivity index (χ3v) is 3.68. The first-order valence-electron chi connectivity index (χ1n) is 6.35. The van der Waals surface area contributed by atoms with E-state index in [-0.39, 0.29) is 5.78 Å². The van der Waals surface area contributed by atoms with Crippen molar-refractivity contribution in [2.24, 2.45) is 0 Å². The normalized spacial score (nSPS) is 10.5. The molecule has 1 aromatic carbocycles. The van der Waals surface area contributed by atoms with E-state index in [2.05, 4.69) is 4.98 Å². The number of ketones is 1. The molecule has 0 bridgehead atoms. The number of ether oxygens (including phenoxy) is 2. The second-order valence-corrected chi connectivity index (χ2v) is 5.26. The summed E-state index contributed by atoms with van der Waals surface area (Å²) in [6.45, 7) is 2.84. The number of thiazole rings is 1. The lowest BCUT2D eigenvalue weighted by atomic mass is 10.1. The van der Waals surface area contributed by atoms with Gasteiger partial charge >= 0.3 is 0 Å². The summed E-state index contributed by atoms with van der Waals surface area (Å²) in [7, 11) is 1.62. The van der Waals surface area contributed by atoms with Crippen LogP contribution in [0.5, 0.6) is 5.75 Å². The van der Waals surface area contributed by atoms with Crippen LogP contribution in [0.1, 0.15) is 21.1 Å². The summed E-state index contributed by atoms with van der Waals surface area (Å²) in [5.41, 5.74) is 1.54. The summed E-state index contributed by atoms with van der Waals surface area (Å²) in [6.07, 6.45) is 0.309. The molecule has 0 radical (unpaired) electrons. The minimum absolute atomic E-state index is 0.0207. The van der Waals surface area contributed by atoms with Gasteiger partial charge < -0.3 is 9.47 Å². The van der Waals surface area contributed by atoms with E-state index in [9.17, 15) is 4.79 Å². The molecule has 0 aliphatic carbocycles. The molecule has 20 heavy (non-hydrogen) atoms. The molecule has 1 aromatic heterocycles. The summed E-state index contributed by atoms with van der Waals surface area (Å²) in [4.78, 5) is 16.7. The van der Waals surface area contributed by atoms with Crippen molar-refractivity contribution in [3.05, 3.63) is 45.9 Å². The Hall–Kier alpha value is -1.72. The van der Waals surface area contributed by atoms with Gasteiger partial charge in [-0.2, -0.15) is 0 Å². The van der Waals surface area contributed by atoms with E-state index in [1.807, 2.05) is 24.4 Å². The number of Topliss-reactive ketones (excluding diaryl/α,β-unsaturated/α-hetero) is 1. The predicted octanol–water partition coefficient (Wildman–Crippen LogP) is 2.90. The Balaban J connectivity index is 2.08. The zero-order valence-corrected chi connectivity index (χ0v) is 12.4. The van der Waals surface area contributed by atoms with Crippen molar-refractivity contribution in [2.45, 2.75) is 13.3 Å². The molecule has 2 rings (SSSR count). The maximum Gasteiger partial charge on any atom is 0.173 e. The zero-order valence-electron chi connectivity index (χ0n) is 11.6. The molecule has 0 atom stereocenters. The summed E-state index contributed by atoms with van der Waals surface area (Å²) in [5.74, 6) is 0.621. The van der Waals surface area contributed by atoms with Crippen molar-refractivity contribution >= 4 is 17.1 Å². The van der Waals surface area contributed by atoms with E-state index >= 15 is 0 Å². The lowest BCUT2D eigenvalue weighted by Crippen LogP contribution is -2.10. The topological polar surface area (TPSA) is 48.4 Å². The number of hydrogen-bond acceptors (Lipinski definition) is 5. The van der Waals surface area contributed by atoms with Crippen LogP contribution in [0.2, 0.25) is 0 Å². The molecule has 106 valence electrons. The first-order valence-corrected chi connectivity index (χ1v) is 7.23. The second kappa shape index (κ2) is 7.17. The Kier molecular flexibility index (Phi) is 5.26. The number of benzene rings is 1. The van der Waals surface area contributed by atoms with E-state index in [1.54, 1.807) is 19.2 Å². The Bertz CT molecular complexity index is 580. The zero-order chi connectivity index (χ0) is 14.4. The van der Waals surface area contributed by atoms with Crippen LogP contribution in [0.25, 0.3) is 0 Å². The van der Waals surface area contributed by atoms with Crippen LogP contribution in [0.3, 0.4) is 0 Å². The standard InChI is InChI=1S/C15H17NO3S/c1-11-10-20-15(16-11)9-13(17)12-5-3-4-6-14(12)19-8-7-18-2/h3-6,10H,7-9H2,1-2H3. The van der Waals surface area contributed by atoms with Gasteiger partial charge in [0, 0.05) is 18.2 Å². The average Bonchev–Trinajstić information content (AvgIpc) is 2.85. The van der Waals surface area contributed by atoms with Crippen molar-refractivity contribution in [3.63, 3.8) is 0 Å². The van der Waals surface area contributed by atoms with Crippen molar-refractivity contribution in [2.75, 3.05) is 20.3 Å². The molecule has 0 aliphatic rings. The van der Waals surface area contributed by atoms with Gasteiger partial charge in [0.1, 0.15) is 17.4 Å². The van der Waals surface area contributed by atoms with Crippen LogP contribution in [0.15, 0.2) is 29.6 Å². The van der Waals surface area contributed by atoms with E-state index in [1.165, 1.54) is 11.3 Å². The van der Waals surface area contributed by atoms with Crippen molar-refractivity contribution in [1.82, 2.24) is 4.98 Å². The third-order valence-electron chi connectivity index (χ3n) is 2.71. The molecule has 0 fully saturated rings. The molecule has 0 saturated heterocycles. The average molecular weight is 291 g/mol. The maximum atomic E-state index is 12.3. The maximum absolute atomic E-state index is 12.3. The fourth-order valence-electron chi connectivity index (χ4n) is 1.77. The molecule has 1 heterocycles. The largest absolute Gasteiger partial charge is 0.490 e. The first-order chi connectivity index (χ1) is 9.70. The van der Waals surface area contributed by atoms with E-state index in [4.69, 9.17) is 9.47 Å². The quantitative estimate of drug-likeness (QED) is 0.581. The fraction of sp³-hybridized carbons (Fsp3) is 0.333. The Morgan fingerprint density at radius 2 is 2.10 bits per heavy atom. The molecule has 0 saturated carbocycles. The summed E-state index contributed by atoms with van der Waals surface area (Å²) >= 11 is 1.51. The van der Waals surface area contributed by atoms with Crippen LogP contribution < -0.4 is 4.74 Å². The highest BCUT2D eigenvalue weighted by Gasteiger charge is 2.14. The molecule has 4 nitrogen and oxygen atoms in total. The summed E-state index contributed by atoms with van der Waals surface area (Å²) in [5, 5.41) is 2.78.